The Labute approximate surface area is 197 Å². The lowest BCUT2D eigenvalue weighted by atomic mass is 10.2. The minimum atomic E-state index is -0.267. The number of rotatable bonds is 8. The second-order valence-electron chi connectivity index (χ2n) is 7.67. The Hall–Kier alpha value is -3.23. The van der Waals surface area contributed by atoms with Crippen molar-refractivity contribution >= 4 is 35.9 Å². The zero-order chi connectivity index (χ0) is 22.9. The number of thioether (sulfide) groups is 1. The largest absolute Gasteiger partial charge is 0.339 e. The van der Waals surface area contributed by atoms with E-state index in [1.54, 1.807) is 18.2 Å². The quantitative estimate of drug-likeness (QED) is 0.511. The van der Waals surface area contributed by atoms with Gasteiger partial charge in [0.25, 0.3) is 0 Å². The van der Waals surface area contributed by atoms with E-state index in [1.807, 2.05) is 29.2 Å². The number of amides is 1. The van der Waals surface area contributed by atoms with Crippen LogP contribution in [0.3, 0.4) is 0 Å². The summed E-state index contributed by atoms with van der Waals surface area (Å²) in [7, 11) is 0. The normalized spacial score (nSPS) is 15.0. The second-order valence-corrected chi connectivity index (χ2v) is 8.61. The van der Waals surface area contributed by atoms with Crippen molar-refractivity contribution < 1.29 is 9.18 Å². The Balaban J connectivity index is 1.18. The number of hydrogen-bond acceptors (Lipinski definition) is 5. The van der Waals surface area contributed by atoms with Crippen LogP contribution in [0.4, 0.5) is 4.39 Å². The van der Waals surface area contributed by atoms with Crippen molar-refractivity contribution in [3.63, 3.8) is 0 Å². The number of hydrogen-bond donors (Lipinski definition) is 1. The van der Waals surface area contributed by atoms with Crippen LogP contribution in [-0.2, 0) is 4.79 Å². The van der Waals surface area contributed by atoms with Crippen LogP contribution in [0.15, 0.2) is 65.8 Å². The highest BCUT2D eigenvalue weighted by atomic mass is 32.2. The highest BCUT2D eigenvalue weighted by molar-refractivity contribution is 7.99. The molecule has 33 heavy (non-hydrogen) atoms. The van der Waals surface area contributed by atoms with E-state index in [0.29, 0.717) is 16.7 Å². The first-order chi connectivity index (χ1) is 16.2. The molecule has 0 unspecified atom stereocenters. The number of piperazine rings is 1. The van der Waals surface area contributed by atoms with Crippen LogP contribution in [0.25, 0.3) is 18.2 Å². The Kier molecular flexibility index (Phi) is 8.05. The van der Waals surface area contributed by atoms with E-state index in [9.17, 15) is 9.18 Å². The number of carbonyl (C=O) groups is 1. The van der Waals surface area contributed by atoms with Gasteiger partial charge in [-0.15, -0.1) is 5.10 Å². The van der Waals surface area contributed by atoms with Crippen molar-refractivity contribution in [1.82, 2.24) is 25.0 Å². The molecule has 1 fully saturated rings. The summed E-state index contributed by atoms with van der Waals surface area (Å²) >= 11 is 1.33. The number of H-pyrrole nitrogens is 1. The van der Waals surface area contributed by atoms with Crippen molar-refractivity contribution in [2.75, 3.05) is 38.5 Å². The van der Waals surface area contributed by atoms with Gasteiger partial charge >= 0.3 is 0 Å². The topological polar surface area (TPSA) is 65.1 Å². The minimum absolute atomic E-state index is 0.104. The average Bonchev–Trinajstić information content (AvgIpc) is 3.31. The maximum atomic E-state index is 13.0. The summed E-state index contributed by atoms with van der Waals surface area (Å²) in [5.74, 6) is 0.739. The lowest BCUT2D eigenvalue weighted by Crippen LogP contribution is -2.49. The van der Waals surface area contributed by atoms with Gasteiger partial charge in [0.15, 0.2) is 0 Å². The Morgan fingerprint density at radius 2 is 1.70 bits per heavy atom. The maximum Gasteiger partial charge on any atom is 0.233 e. The molecule has 0 radical (unpaired) electrons. The molecule has 1 saturated heterocycles. The number of benzene rings is 2. The predicted octanol–water partition coefficient (Wildman–Crippen LogP) is 4.06. The highest BCUT2D eigenvalue weighted by Gasteiger charge is 2.20. The van der Waals surface area contributed by atoms with Crippen molar-refractivity contribution in [2.24, 2.45) is 0 Å². The van der Waals surface area contributed by atoms with Crippen molar-refractivity contribution in [2.45, 2.75) is 5.16 Å². The smallest absolute Gasteiger partial charge is 0.233 e. The predicted molar refractivity (Wildman–Crippen MR) is 131 cm³/mol. The first-order valence-electron chi connectivity index (χ1n) is 10.9. The zero-order valence-corrected chi connectivity index (χ0v) is 19.0. The second kappa shape index (κ2) is 11.6. The van der Waals surface area contributed by atoms with Crippen LogP contribution >= 0.6 is 11.8 Å². The van der Waals surface area contributed by atoms with Gasteiger partial charge < -0.3 is 4.90 Å². The molecule has 0 bridgehead atoms. The monoisotopic (exact) mass is 463 g/mol. The Morgan fingerprint density at radius 1 is 0.970 bits per heavy atom. The number of carbonyl (C=O) groups excluding carboxylic acids is 1. The van der Waals surface area contributed by atoms with E-state index in [4.69, 9.17) is 0 Å². The van der Waals surface area contributed by atoms with E-state index in [1.165, 1.54) is 29.5 Å². The van der Waals surface area contributed by atoms with Crippen LogP contribution < -0.4 is 0 Å². The minimum Gasteiger partial charge on any atom is -0.339 e. The van der Waals surface area contributed by atoms with Crippen LogP contribution in [0.1, 0.15) is 17.0 Å². The third-order valence-electron chi connectivity index (χ3n) is 5.31. The fourth-order valence-electron chi connectivity index (χ4n) is 3.45. The molecule has 0 atom stereocenters. The fraction of sp³-hybridized carbons (Fsp3) is 0.240. The van der Waals surface area contributed by atoms with E-state index >= 15 is 0 Å². The fourth-order valence-corrected chi connectivity index (χ4v) is 4.15. The van der Waals surface area contributed by atoms with Gasteiger partial charge in [-0.2, -0.15) is 0 Å². The highest BCUT2D eigenvalue weighted by Crippen LogP contribution is 2.15. The molecule has 1 amide bonds. The first-order valence-corrected chi connectivity index (χ1v) is 11.8. The molecule has 1 N–H and O–H groups in total. The molecule has 2 heterocycles. The summed E-state index contributed by atoms with van der Waals surface area (Å²) in [6, 6.07) is 16.5. The zero-order valence-electron chi connectivity index (χ0n) is 18.2. The molecule has 170 valence electrons. The third-order valence-corrected chi connectivity index (χ3v) is 6.14. The lowest BCUT2D eigenvalue weighted by molar-refractivity contribution is -0.130. The molecular weight excluding hydrogens is 437 g/mol. The standard InChI is InChI=1S/C25H26FN5OS/c26-22-11-8-21(9-12-22)10-13-23-27-25(29-28-23)33-19-24(32)31-17-15-30(16-18-31)14-4-7-20-5-2-1-3-6-20/h1-13H,14-19H2,(H,27,28,29). The summed E-state index contributed by atoms with van der Waals surface area (Å²) in [6.45, 7) is 4.09. The average molecular weight is 464 g/mol. The van der Waals surface area contributed by atoms with E-state index in [0.717, 1.165) is 38.3 Å². The number of halogens is 1. The Bertz CT molecular complexity index is 1090. The summed E-state index contributed by atoms with van der Waals surface area (Å²) in [6.07, 6.45) is 7.91. The summed E-state index contributed by atoms with van der Waals surface area (Å²) in [5.41, 5.74) is 2.07. The lowest BCUT2D eigenvalue weighted by Gasteiger charge is -2.34. The van der Waals surface area contributed by atoms with Crippen molar-refractivity contribution in [3.05, 3.63) is 83.4 Å². The molecule has 2 aromatic carbocycles. The summed E-state index contributed by atoms with van der Waals surface area (Å²) in [5, 5.41) is 7.54. The van der Waals surface area contributed by atoms with Crippen LogP contribution in [0.5, 0.6) is 0 Å². The maximum absolute atomic E-state index is 13.0. The molecule has 0 spiro atoms. The molecule has 0 saturated carbocycles. The summed E-state index contributed by atoms with van der Waals surface area (Å²) in [4.78, 5) is 21.2. The van der Waals surface area contributed by atoms with Gasteiger partial charge in [-0.1, -0.05) is 72.5 Å². The van der Waals surface area contributed by atoms with Gasteiger partial charge in [0, 0.05) is 32.7 Å². The Morgan fingerprint density at radius 3 is 2.45 bits per heavy atom. The molecule has 4 rings (SSSR count). The van der Waals surface area contributed by atoms with E-state index in [-0.39, 0.29) is 11.7 Å². The van der Waals surface area contributed by atoms with Gasteiger partial charge in [-0.05, 0) is 29.3 Å². The van der Waals surface area contributed by atoms with Gasteiger partial charge in [0.2, 0.25) is 11.1 Å². The number of nitrogens with zero attached hydrogens (tertiary/aromatic N) is 4. The molecule has 8 heteroatoms. The third kappa shape index (κ3) is 7.13. The van der Waals surface area contributed by atoms with Gasteiger partial charge in [0.1, 0.15) is 11.6 Å². The van der Waals surface area contributed by atoms with Crippen LogP contribution in [-0.4, -0.2) is 69.4 Å². The van der Waals surface area contributed by atoms with Crippen molar-refractivity contribution in [1.29, 1.82) is 0 Å². The number of nitrogens with one attached hydrogen (secondary N) is 1. The van der Waals surface area contributed by atoms with E-state index in [2.05, 4.69) is 44.4 Å². The number of aromatic amines is 1. The molecule has 0 aliphatic carbocycles. The first kappa shape index (κ1) is 22.9. The molecule has 6 nitrogen and oxygen atoms in total. The molecule has 1 aliphatic rings. The molecular formula is C25H26FN5OS. The van der Waals surface area contributed by atoms with Gasteiger partial charge in [0.05, 0.1) is 5.75 Å². The van der Waals surface area contributed by atoms with Crippen molar-refractivity contribution in [3.8, 4) is 0 Å². The van der Waals surface area contributed by atoms with Gasteiger partial charge in [-0.25, -0.2) is 9.37 Å². The molecule has 3 aromatic rings. The SMILES string of the molecule is O=C(CSc1n[nH]c(C=Cc2ccc(F)cc2)n1)N1CCN(CC=Cc2ccccc2)CC1. The molecule has 1 aliphatic heterocycles. The van der Waals surface area contributed by atoms with Crippen LogP contribution in [0, 0.1) is 5.82 Å². The van der Waals surface area contributed by atoms with E-state index < -0.39 is 0 Å². The summed E-state index contributed by atoms with van der Waals surface area (Å²) < 4.78 is 13.0. The number of aromatic nitrogens is 3. The van der Waals surface area contributed by atoms with Gasteiger partial charge in [-0.3, -0.25) is 14.8 Å². The van der Waals surface area contributed by atoms with Crippen LogP contribution in [0.2, 0.25) is 0 Å². The molecule has 1 aromatic heterocycles.